The SMILES string of the molecule is CSCCNC(=NCC1CCS(=O)(=O)C1)N1CCC2(CCCCC2)C1.I. The molecule has 1 aliphatic carbocycles. The lowest BCUT2D eigenvalue weighted by atomic mass is 9.73. The third kappa shape index (κ3) is 6.15. The molecule has 152 valence electrons. The number of halogens is 1. The molecular weight excluding hydrogens is 481 g/mol. The Hall–Kier alpha value is 0.300. The number of sulfone groups is 1. The van der Waals surface area contributed by atoms with Crippen molar-refractivity contribution < 1.29 is 8.42 Å². The van der Waals surface area contributed by atoms with Gasteiger partial charge in [0.25, 0.3) is 0 Å². The van der Waals surface area contributed by atoms with Crippen molar-refractivity contribution in [3.8, 4) is 0 Å². The molecule has 26 heavy (non-hydrogen) atoms. The van der Waals surface area contributed by atoms with Crippen molar-refractivity contribution in [3.05, 3.63) is 0 Å². The predicted octanol–water partition coefficient (Wildman–Crippen LogP) is 3.00. The Morgan fingerprint density at radius 3 is 2.69 bits per heavy atom. The Balaban J connectivity index is 0.00000243. The number of hydrogen-bond acceptors (Lipinski definition) is 4. The molecule has 0 aromatic heterocycles. The van der Waals surface area contributed by atoms with Crippen molar-refractivity contribution in [2.45, 2.75) is 44.9 Å². The summed E-state index contributed by atoms with van der Waals surface area (Å²) in [7, 11) is -2.81. The average molecular weight is 516 g/mol. The molecule has 1 spiro atoms. The van der Waals surface area contributed by atoms with Crippen LogP contribution in [0, 0.1) is 11.3 Å². The van der Waals surface area contributed by atoms with Crippen LogP contribution < -0.4 is 5.32 Å². The highest BCUT2D eigenvalue weighted by Crippen LogP contribution is 2.43. The molecule has 1 N–H and O–H groups in total. The standard InChI is InChI=1S/C18H33N3O2S2.HI/c1-24-11-9-19-17(20-13-16-5-12-25(22,23)14-16)21-10-8-18(15-21)6-3-2-4-7-18;/h16H,2-15H2,1H3,(H,19,20);1H. The van der Waals surface area contributed by atoms with Crippen LogP contribution in [-0.4, -0.2) is 69.0 Å². The van der Waals surface area contributed by atoms with E-state index in [9.17, 15) is 8.42 Å². The molecule has 5 nitrogen and oxygen atoms in total. The summed E-state index contributed by atoms with van der Waals surface area (Å²) in [6.07, 6.45) is 11.0. The fourth-order valence-electron chi connectivity index (χ4n) is 4.59. The van der Waals surface area contributed by atoms with E-state index in [0.717, 1.165) is 37.8 Å². The van der Waals surface area contributed by atoms with Crippen LogP contribution in [0.3, 0.4) is 0 Å². The normalized spacial score (nSPS) is 27.5. The quantitative estimate of drug-likeness (QED) is 0.264. The third-order valence-corrected chi connectivity index (χ3v) is 8.52. The molecule has 3 rings (SSSR count). The van der Waals surface area contributed by atoms with Gasteiger partial charge in [-0.05, 0) is 43.3 Å². The Morgan fingerprint density at radius 2 is 2.04 bits per heavy atom. The smallest absolute Gasteiger partial charge is 0.193 e. The molecule has 0 aromatic rings. The minimum absolute atomic E-state index is 0. The summed E-state index contributed by atoms with van der Waals surface area (Å²) >= 11 is 1.84. The highest BCUT2D eigenvalue weighted by atomic mass is 127. The van der Waals surface area contributed by atoms with Crippen molar-refractivity contribution in [2.24, 2.45) is 16.3 Å². The van der Waals surface area contributed by atoms with Gasteiger partial charge < -0.3 is 10.2 Å². The molecule has 1 unspecified atom stereocenters. The third-order valence-electron chi connectivity index (χ3n) is 6.07. The Labute approximate surface area is 180 Å². The average Bonchev–Trinajstić information content (AvgIpc) is 3.15. The molecule has 0 bridgehead atoms. The van der Waals surface area contributed by atoms with Gasteiger partial charge in [-0.2, -0.15) is 11.8 Å². The predicted molar refractivity (Wildman–Crippen MR) is 123 cm³/mol. The van der Waals surface area contributed by atoms with Gasteiger partial charge in [0.2, 0.25) is 0 Å². The Bertz CT molecular complexity index is 577. The van der Waals surface area contributed by atoms with Gasteiger partial charge in [-0.25, -0.2) is 8.42 Å². The monoisotopic (exact) mass is 515 g/mol. The van der Waals surface area contributed by atoms with E-state index < -0.39 is 9.84 Å². The summed E-state index contributed by atoms with van der Waals surface area (Å²) in [4.78, 5) is 7.30. The summed E-state index contributed by atoms with van der Waals surface area (Å²) in [6, 6.07) is 0. The number of nitrogens with one attached hydrogen (secondary N) is 1. The fourth-order valence-corrected chi connectivity index (χ4v) is 6.75. The summed E-state index contributed by atoms with van der Waals surface area (Å²) in [5.41, 5.74) is 0.511. The van der Waals surface area contributed by atoms with Crippen molar-refractivity contribution >= 4 is 51.5 Å². The van der Waals surface area contributed by atoms with Crippen molar-refractivity contribution in [1.82, 2.24) is 10.2 Å². The zero-order valence-electron chi connectivity index (χ0n) is 15.9. The molecule has 2 heterocycles. The zero-order chi connectivity index (χ0) is 17.8. The van der Waals surface area contributed by atoms with Crippen molar-refractivity contribution in [1.29, 1.82) is 0 Å². The molecule has 2 saturated heterocycles. The molecule has 0 aromatic carbocycles. The highest BCUT2D eigenvalue weighted by Gasteiger charge is 2.40. The van der Waals surface area contributed by atoms with E-state index in [1.165, 1.54) is 38.5 Å². The zero-order valence-corrected chi connectivity index (χ0v) is 19.9. The summed E-state index contributed by atoms with van der Waals surface area (Å²) in [6.45, 7) is 3.78. The lowest BCUT2D eigenvalue weighted by Gasteiger charge is -2.33. The van der Waals surface area contributed by atoms with E-state index >= 15 is 0 Å². The number of rotatable bonds is 5. The number of likely N-dealkylation sites (tertiary alicyclic amines) is 1. The number of thioether (sulfide) groups is 1. The maximum absolute atomic E-state index is 11.7. The molecule has 0 amide bonds. The Kier molecular flexibility index (Phi) is 8.85. The highest BCUT2D eigenvalue weighted by molar-refractivity contribution is 14.0. The van der Waals surface area contributed by atoms with Gasteiger partial charge in [-0.1, -0.05) is 19.3 Å². The van der Waals surface area contributed by atoms with E-state index in [2.05, 4.69) is 16.5 Å². The van der Waals surface area contributed by atoms with Crippen LogP contribution in [0.4, 0.5) is 0 Å². The lowest BCUT2D eigenvalue weighted by Crippen LogP contribution is -2.42. The fraction of sp³-hybridized carbons (Fsp3) is 0.944. The second-order valence-electron chi connectivity index (χ2n) is 8.09. The number of guanidine groups is 1. The molecule has 3 aliphatic rings. The maximum Gasteiger partial charge on any atom is 0.193 e. The maximum atomic E-state index is 11.7. The number of nitrogens with zero attached hydrogens (tertiary/aromatic N) is 2. The van der Waals surface area contributed by atoms with Gasteiger partial charge >= 0.3 is 0 Å². The van der Waals surface area contributed by atoms with E-state index in [4.69, 9.17) is 4.99 Å². The van der Waals surface area contributed by atoms with Crippen LogP contribution >= 0.6 is 35.7 Å². The first-order chi connectivity index (χ1) is 12.0. The molecular formula is C18H34IN3O2S2. The molecule has 1 atom stereocenters. The largest absolute Gasteiger partial charge is 0.355 e. The van der Waals surface area contributed by atoms with Gasteiger partial charge in [-0.15, -0.1) is 24.0 Å². The van der Waals surface area contributed by atoms with Crippen LogP contribution in [0.2, 0.25) is 0 Å². The van der Waals surface area contributed by atoms with Gasteiger partial charge in [0.1, 0.15) is 0 Å². The van der Waals surface area contributed by atoms with E-state index in [1.807, 2.05) is 11.8 Å². The number of hydrogen-bond donors (Lipinski definition) is 1. The first-order valence-corrected chi connectivity index (χ1v) is 13.0. The van der Waals surface area contributed by atoms with Gasteiger partial charge in [0, 0.05) is 31.9 Å². The topological polar surface area (TPSA) is 61.8 Å². The van der Waals surface area contributed by atoms with Crippen LogP contribution in [0.25, 0.3) is 0 Å². The minimum Gasteiger partial charge on any atom is -0.355 e. The first kappa shape index (κ1) is 22.6. The van der Waals surface area contributed by atoms with E-state index in [1.54, 1.807) is 0 Å². The van der Waals surface area contributed by atoms with Crippen LogP contribution in [0.1, 0.15) is 44.9 Å². The van der Waals surface area contributed by atoms with Crippen LogP contribution in [0.15, 0.2) is 4.99 Å². The van der Waals surface area contributed by atoms with E-state index in [-0.39, 0.29) is 29.9 Å². The minimum atomic E-state index is -2.81. The summed E-state index contributed by atoms with van der Waals surface area (Å²) < 4.78 is 23.4. The first-order valence-electron chi connectivity index (χ1n) is 9.75. The lowest BCUT2D eigenvalue weighted by molar-refractivity contribution is 0.203. The summed E-state index contributed by atoms with van der Waals surface area (Å²) in [5.74, 6) is 2.94. The molecule has 2 aliphatic heterocycles. The second-order valence-corrected chi connectivity index (χ2v) is 11.3. The molecule has 3 fully saturated rings. The molecule has 8 heteroatoms. The Morgan fingerprint density at radius 1 is 1.27 bits per heavy atom. The van der Waals surface area contributed by atoms with Gasteiger partial charge in [0.15, 0.2) is 15.8 Å². The van der Waals surface area contributed by atoms with Gasteiger partial charge in [-0.3, -0.25) is 4.99 Å². The number of aliphatic imine (C=N–C) groups is 1. The summed E-state index contributed by atoms with van der Waals surface area (Å²) in [5, 5.41) is 3.53. The molecule has 1 saturated carbocycles. The second kappa shape index (κ2) is 10.2. The molecule has 0 radical (unpaired) electrons. The van der Waals surface area contributed by atoms with Crippen molar-refractivity contribution in [2.75, 3.05) is 49.7 Å². The van der Waals surface area contributed by atoms with Crippen LogP contribution in [-0.2, 0) is 9.84 Å². The van der Waals surface area contributed by atoms with Crippen LogP contribution in [0.5, 0.6) is 0 Å². The van der Waals surface area contributed by atoms with Crippen molar-refractivity contribution in [3.63, 3.8) is 0 Å². The van der Waals surface area contributed by atoms with E-state index in [0.29, 0.717) is 23.5 Å². The van der Waals surface area contributed by atoms with Gasteiger partial charge in [0.05, 0.1) is 11.5 Å².